The average Bonchev–Trinajstić information content (AvgIpc) is 2.79. The van der Waals surface area contributed by atoms with Crippen LogP contribution in [0.25, 0.3) is 0 Å². The summed E-state index contributed by atoms with van der Waals surface area (Å²) in [4.78, 5) is 24.3. The first-order valence-electron chi connectivity index (χ1n) is 7.14. The van der Waals surface area contributed by atoms with E-state index in [9.17, 15) is 9.59 Å². The quantitative estimate of drug-likeness (QED) is 0.567. The molecule has 3 heteroatoms. The SMILES string of the molecule is C=C[C@@H]1C[C@]2(C)CC[C@]3(C)CC(=O)[C@@]1(OC(C)=O)C23. The van der Waals surface area contributed by atoms with E-state index in [-0.39, 0.29) is 34.4 Å². The van der Waals surface area contributed by atoms with Gasteiger partial charge < -0.3 is 4.74 Å². The highest BCUT2D eigenvalue weighted by Crippen LogP contribution is 2.73. The Labute approximate surface area is 114 Å². The molecule has 0 aliphatic heterocycles. The van der Waals surface area contributed by atoms with Crippen molar-refractivity contribution in [2.24, 2.45) is 22.7 Å². The zero-order valence-electron chi connectivity index (χ0n) is 12.0. The molecule has 3 aliphatic rings. The van der Waals surface area contributed by atoms with Crippen molar-refractivity contribution in [2.75, 3.05) is 0 Å². The molecule has 3 fully saturated rings. The number of ketones is 1. The van der Waals surface area contributed by atoms with Gasteiger partial charge in [0.1, 0.15) is 0 Å². The highest BCUT2D eigenvalue weighted by atomic mass is 16.6. The lowest BCUT2D eigenvalue weighted by molar-refractivity contribution is -0.171. The van der Waals surface area contributed by atoms with Crippen molar-refractivity contribution < 1.29 is 14.3 Å². The monoisotopic (exact) mass is 262 g/mol. The standard InChI is InChI=1S/C16H22O3/c1-5-11-8-14(3)6-7-15(4)9-12(18)16(11,13(14)15)19-10(2)17/h5,11,13H,1,6-9H2,2-4H3/t11-,13?,14+,15-,16-/m1/s1. The molecule has 3 nitrogen and oxygen atoms in total. The molecule has 3 saturated carbocycles. The molecular formula is C16H22O3. The minimum Gasteiger partial charge on any atom is -0.450 e. The Morgan fingerprint density at radius 1 is 1.37 bits per heavy atom. The van der Waals surface area contributed by atoms with Gasteiger partial charge in [0.05, 0.1) is 0 Å². The molecule has 0 radical (unpaired) electrons. The van der Waals surface area contributed by atoms with Gasteiger partial charge in [0.15, 0.2) is 11.4 Å². The van der Waals surface area contributed by atoms with E-state index in [1.165, 1.54) is 6.92 Å². The van der Waals surface area contributed by atoms with Crippen molar-refractivity contribution in [1.82, 2.24) is 0 Å². The summed E-state index contributed by atoms with van der Waals surface area (Å²) in [5.74, 6) is -0.1000. The van der Waals surface area contributed by atoms with E-state index in [1.807, 2.05) is 6.08 Å². The van der Waals surface area contributed by atoms with Crippen LogP contribution in [0.15, 0.2) is 12.7 Å². The van der Waals surface area contributed by atoms with Crippen LogP contribution < -0.4 is 0 Å². The highest BCUT2D eigenvalue weighted by Gasteiger charge is 2.76. The van der Waals surface area contributed by atoms with Gasteiger partial charge in [0.2, 0.25) is 0 Å². The van der Waals surface area contributed by atoms with Crippen molar-refractivity contribution in [1.29, 1.82) is 0 Å². The van der Waals surface area contributed by atoms with Crippen molar-refractivity contribution in [2.45, 2.75) is 52.1 Å². The van der Waals surface area contributed by atoms with Crippen LogP contribution in [0.5, 0.6) is 0 Å². The summed E-state index contributed by atoms with van der Waals surface area (Å²) in [6.07, 6.45) is 5.47. The molecule has 5 atom stereocenters. The summed E-state index contributed by atoms with van der Waals surface area (Å²) in [6, 6.07) is 0. The number of Topliss-reactive ketones (excluding diaryl/α,β-unsaturated/α-hetero) is 1. The number of ether oxygens (including phenoxy) is 1. The summed E-state index contributed by atoms with van der Waals surface area (Å²) in [7, 11) is 0. The lowest BCUT2D eigenvalue weighted by Crippen LogP contribution is -2.48. The first kappa shape index (κ1) is 12.9. The molecule has 1 unspecified atom stereocenters. The van der Waals surface area contributed by atoms with Crippen LogP contribution in [0.3, 0.4) is 0 Å². The third-order valence-electron chi connectivity index (χ3n) is 5.92. The fourth-order valence-electron chi connectivity index (χ4n) is 5.58. The van der Waals surface area contributed by atoms with E-state index < -0.39 is 5.60 Å². The Balaban J connectivity index is 2.18. The van der Waals surface area contributed by atoms with Gasteiger partial charge in [-0.2, -0.15) is 0 Å². The van der Waals surface area contributed by atoms with E-state index in [0.29, 0.717) is 6.42 Å². The van der Waals surface area contributed by atoms with Gasteiger partial charge >= 0.3 is 5.97 Å². The second-order valence-corrected chi connectivity index (χ2v) is 7.27. The van der Waals surface area contributed by atoms with E-state index >= 15 is 0 Å². The molecule has 0 bridgehead atoms. The maximum absolute atomic E-state index is 12.7. The number of carbonyl (C=O) groups excluding carboxylic acids is 2. The first-order valence-corrected chi connectivity index (χ1v) is 7.14. The average molecular weight is 262 g/mol. The van der Waals surface area contributed by atoms with Crippen molar-refractivity contribution in [3.63, 3.8) is 0 Å². The minimum absolute atomic E-state index is 0.000949. The zero-order valence-corrected chi connectivity index (χ0v) is 12.0. The predicted octanol–water partition coefficient (Wildman–Crippen LogP) is 2.89. The molecule has 0 N–H and O–H groups in total. The number of hydrogen-bond acceptors (Lipinski definition) is 3. The molecule has 0 aromatic carbocycles. The van der Waals surface area contributed by atoms with Gasteiger partial charge in [-0.05, 0) is 30.1 Å². The second kappa shape index (κ2) is 3.50. The summed E-state index contributed by atoms with van der Waals surface area (Å²) >= 11 is 0. The van der Waals surface area contributed by atoms with E-state index in [4.69, 9.17) is 4.74 Å². The lowest BCUT2D eigenvalue weighted by atomic mass is 9.72. The number of hydrogen-bond donors (Lipinski definition) is 0. The molecule has 19 heavy (non-hydrogen) atoms. The molecule has 0 saturated heterocycles. The van der Waals surface area contributed by atoms with E-state index in [2.05, 4.69) is 20.4 Å². The van der Waals surface area contributed by atoms with Crippen molar-refractivity contribution in [3.8, 4) is 0 Å². The highest BCUT2D eigenvalue weighted by molar-refractivity contribution is 5.94. The predicted molar refractivity (Wildman–Crippen MR) is 71.4 cm³/mol. The van der Waals surface area contributed by atoms with Crippen LogP contribution in [0.4, 0.5) is 0 Å². The Hall–Kier alpha value is -1.12. The van der Waals surface area contributed by atoms with Crippen LogP contribution in [-0.4, -0.2) is 17.4 Å². The Morgan fingerprint density at radius 2 is 2.00 bits per heavy atom. The van der Waals surface area contributed by atoms with E-state index in [0.717, 1.165) is 19.3 Å². The normalized spacial score (nSPS) is 51.2. The van der Waals surface area contributed by atoms with Crippen molar-refractivity contribution in [3.05, 3.63) is 12.7 Å². The summed E-state index contributed by atoms with van der Waals surface area (Å²) < 4.78 is 5.69. The third kappa shape index (κ3) is 1.34. The molecule has 3 aliphatic carbocycles. The first-order chi connectivity index (χ1) is 8.78. The van der Waals surface area contributed by atoms with Crippen LogP contribution >= 0.6 is 0 Å². The lowest BCUT2D eigenvalue weighted by Gasteiger charge is -2.37. The summed E-state index contributed by atoms with van der Waals surface area (Å²) in [5, 5.41) is 0. The Bertz CT molecular complexity index is 482. The van der Waals surface area contributed by atoms with Crippen LogP contribution in [0.2, 0.25) is 0 Å². The zero-order chi connectivity index (χ0) is 14.1. The third-order valence-corrected chi connectivity index (χ3v) is 5.92. The van der Waals surface area contributed by atoms with Gasteiger partial charge in [0.25, 0.3) is 0 Å². The van der Waals surface area contributed by atoms with Gasteiger partial charge in [-0.15, -0.1) is 6.58 Å². The van der Waals surface area contributed by atoms with Crippen molar-refractivity contribution >= 4 is 11.8 Å². The number of rotatable bonds is 2. The van der Waals surface area contributed by atoms with E-state index in [1.54, 1.807) is 0 Å². The topological polar surface area (TPSA) is 43.4 Å². The van der Waals surface area contributed by atoms with Crippen LogP contribution in [0.1, 0.15) is 46.5 Å². The molecule has 0 aromatic heterocycles. The molecule has 0 amide bonds. The van der Waals surface area contributed by atoms with Crippen LogP contribution in [-0.2, 0) is 14.3 Å². The number of esters is 1. The molecule has 0 heterocycles. The fourth-order valence-corrected chi connectivity index (χ4v) is 5.58. The molecule has 0 aromatic rings. The Morgan fingerprint density at radius 3 is 2.58 bits per heavy atom. The smallest absolute Gasteiger partial charge is 0.303 e. The summed E-state index contributed by atoms with van der Waals surface area (Å²) in [5.41, 5.74) is -0.818. The minimum atomic E-state index is -0.923. The largest absolute Gasteiger partial charge is 0.450 e. The Kier molecular flexibility index (Phi) is 2.37. The molecule has 0 spiro atoms. The van der Waals surface area contributed by atoms with Gasteiger partial charge in [0, 0.05) is 25.2 Å². The second-order valence-electron chi connectivity index (χ2n) is 7.27. The van der Waals surface area contributed by atoms with Gasteiger partial charge in [-0.3, -0.25) is 9.59 Å². The fraction of sp³-hybridized carbons (Fsp3) is 0.750. The number of carbonyl (C=O) groups is 2. The van der Waals surface area contributed by atoms with Gasteiger partial charge in [-0.25, -0.2) is 0 Å². The maximum atomic E-state index is 12.7. The molecule has 104 valence electrons. The summed E-state index contributed by atoms with van der Waals surface area (Å²) in [6.45, 7) is 9.73. The molecular weight excluding hydrogens is 240 g/mol. The van der Waals surface area contributed by atoms with Gasteiger partial charge in [-0.1, -0.05) is 19.9 Å². The van der Waals surface area contributed by atoms with Crippen LogP contribution in [0, 0.1) is 22.7 Å². The maximum Gasteiger partial charge on any atom is 0.303 e. The molecule has 3 rings (SSSR count).